The van der Waals surface area contributed by atoms with Crippen molar-refractivity contribution in [3.63, 3.8) is 0 Å². The van der Waals surface area contributed by atoms with Crippen molar-refractivity contribution in [1.29, 1.82) is 0 Å². The van der Waals surface area contributed by atoms with Crippen molar-refractivity contribution in [2.24, 2.45) is 0 Å². The van der Waals surface area contributed by atoms with Gasteiger partial charge < -0.3 is 19.7 Å². The molecule has 2 heterocycles. The van der Waals surface area contributed by atoms with Crippen LogP contribution in [0, 0.1) is 0 Å². The lowest BCUT2D eigenvalue weighted by atomic mass is 10.2. The Labute approximate surface area is 176 Å². The number of benzene rings is 1. The summed E-state index contributed by atoms with van der Waals surface area (Å²) in [6.07, 6.45) is 1.52. The van der Waals surface area contributed by atoms with Crippen molar-refractivity contribution in [1.82, 2.24) is 9.88 Å². The van der Waals surface area contributed by atoms with Crippen LogP contribution < -0.4 is 15.0 Å². The number of nitrogens with one attached hydrogen (secondary N) is 1. The van der Waals surface area contributed by atoms with Gasteiger partial charge in [0.25, 0.3) is 0 Å². The predicted octanol–water partition coefficient (Wildman–Crippen LogP) is 2.91. The van der Waals surface area contributed by atoms with Gasteiger partial charge in [-0.05, 0) is 31.2 Å². The van der Waals surface area contributed by atoms with Crippen LogP contribution in [0.15, 0.2) is 42.6 Å². The largest absolute Gasteiger partial charge is 0.489 e. The Balaban J connectivity index is 1.54. The van der Waals surface area contributed by atoms with Gasteiger partial charge in [0.1, 0.15) is 18.2 Å². The number of para-hydroxylation sites is 2. The summed E-state index contributed by atoms with van der Waals surface area (Å²) in [5.74, 6) is 1.29. The molecule has 1 aromatic carbocycles. The fourth-order valence-electron chi connectivity index (χ4n) is 3.27. The molecule has 7 nitrogen and oxygen atoms in total. The van der Waals surface area contributed by atoms with Gasteiger partial charge in [-0.25, -0.2) is 4.98 Å². The van der Waals surface area contributed by atoms with E-state index in [4.69, 9.17) is 21.1 Å². The minimum atomic E-state index is -0.247. The van der Waals surface area contributed by atoms with Crippen molar-refractivity contribution in [3.8, 4) is 5.75 Å². The van der Waals surface area contributed by atoms with Crippen LogP contribution >= 0.6 is 11.6 Å². The van der Waals surface area contributed by atoms with E-state index in [0.29, 0.717) is 24.1 Å². The Morgan fingerprint density at radius 3 is 2.62 bits per heavy atom. The van der Waals surface area contributed by atoms with Crippen LogP contribution in [0.4, 0.5) is 11.5 Å². The second kappa shape index (κ2) is 10.4. The second-order valence-electron chi connectivity index (χ2n) is 6.86. The maximum atomic E-state index is 12.6. The van der Waals surface area contributed by atoms with Gasteiger partial charge in [-0.2, -0.15) is 0 Å². The SMILES string of the molecule is COCCOc1ccccc1N1CCN([C@@H](C)C(=O)Nc2ccc(Cl)cn2)CC1. The highest BCUT2D eigenvalue weighted by Gasteiger charge is 2.26. The number of aromatic nitrogens is 1. The van der Waals surface area contributed by atoms with Crippen LogP contribution in [0.3, 0.4) is 0 Å². The minimum Gasteiger partial charge on any atom is -0.489 e. The normalized spacial score (nSPS) is 15.8. The van der Waals surface area contributed by atoms with Gasteiger partial charge in [0.05, 0.1) is 23.4 Å². The first-order valence-corrected chi connectivity index (χ1v) is 10.1. The molecular weight excluding hydrogens is 392 g/mol. The lowest BCUT2D eigenvalue weighted by Gasteiger charge is -2.38. The molecule has 1 N–H and O–H groups in total. The zero-order chi connectivity index (χ0) is 20.6. The van der Waals surface area contributed by atoms with Gasteiger partial charge in [0.2, 0.25) is 5.91 Å². The Morgan fingerprint density at radius 1 is 1.17 bits per heavy atom. The van der Waals surface area contributed by atoms with Crippen LogP contribution in [0.25, 0.3) is 0 Å². The molecule has 1 aromatic heterocycles. The molecule has 8 heteroatoms. The number of hydrogen-bond donors (Lipinski definition) is 1. The van der Waals surface area contributed by atoms with Crippen molar-refractivity contribution >= 4 is 29.0 Å². The Kier molecular flexibility index (Phi) is 7.69. The van der Waals surface area contributed by atoms with E-state index in [2.05, 4.69) is 26.2 Å². The third kappa shape index (κ3) is 5.82. The standard InChI is InChI=1S/C21H27ClN4O3/c1-16(21(27)24-20-8-7-17(22)15-23-20)25-9-11-26(12-10-25)18-5-3-4-6-19(18)29-14-13-28-2/h3-8,15-16H,9-14H2,1-2H3,(H,23,24,27)/t16-/m0/s1. The van der Waals surface area contributed by atoms with Gasteiger partial charge in [0.15, 0.2) is 0 Å². The lowest BCUT2D eigenvalue weighted by Crippen LogP contribution is -2.53. The van der Waals surface area contributed by atoms with E-state index >= 15 is 0 Å². The summed E-state index contributed by atoms with van der Waals surface area (Å²) in [7, 11) is 1.66. The summed E-state index contributed by atoms with van der Waals surface area (Å²) in [5, 5.41) is 3.39. The van der Waals surface area contributed by atoms with Gasteiger partial charge in [-0.3, -0.25) is 9.69 Å². The molecule has 2 aromatic rings. The molecule has 156 valence electrons. The Bertz CT molecular complexity index is 795. The zero-order valence-electron chi connectivity index (χ0n) is 16.8. The predicted molar refractivity (Wildman–Crippen MR) is 115 cm³/mol. The number of rotatable bonds is 8. The Morgan fingerprint density at radius 2 is 1.93 bits per heavy atom. The molecule has 1 fully saturated rings. The van der Waals surface area contributed by atoms with E-state index in [1.54, 1.807) is 19.2 Å². The number of amides is 1. The molecule has 0 unspecified atom stereocenters. The summed E-state index contributed by atoms with van der Waals surface area (Å²) >= 11 is 5.84. The van der Waals surface area contributed by atoms with E-state index in [0.717, 1.165) is 37.6 Å². The Hall–Kier alpha value is -2.35. The van der Waals surface area contributed by atoms with E-state index in [-0.39, 0.29) is 11.9 Å². The highest BCUT2D eigenvalue weighted by atomic mass is 35.5. The van der Waals surface area contributed by atoms with Crippen LogP contribution in [-0.2, 0) is 9.53 Å². The van der Waals surface area contributed by atoms with Gasteiger partial charge in [-0.15, -0.1) is 0 Å². The summed E-state index contributed by atoms with van der Waals surface area (Å²) < 4.78 is 10.9. The van der Waals surface area contributed by atoms with Gasteiger partial charge >= 0.3 is 0 Å². The van der Waals surface area contributed by atoms with Crippen LogP contribution in [-0.4, -0.2) is 68.3 Å². The second-order valence-corrected chi connectivity index (χ2v) is 7.30. The number of methoxy groups -OCH3 is 1. The molecule has 0 saturated carbocycles. The molecule has 3 rings (SSSR count). The molecule has 0 bridgehead atoms. The molecule has 1 aliphatic heterocycles. The minimum absolute atomic E-state index is 0.0726. The summed E-state index contributed by atoms with van der Waals surface area (Å²) in [5.41, 5.74) is 1.07. The fourth-order valence-corrected chi connectivity index (χ4v) is 3.38. The van der Waals surface area contributed by atoms with Crippen molar-refractivity contribution in [2.75, 3.05) is 56.7 Å². The topological polar surface area (TPSA) is 66.9 Å². The monoisotopic (exact) mass is 418 g/mol. The number of anilines is 2. The average Bonchev–Trinajstić information content (AvgIpc) is 2.75. The quantitative estimate of drug-likeness (QED) is 0.665. The number of hydrogen-bond acceptors (Lipinski definition) is 6. The van der Waals surface area contributed by atoms with Crippen LogP contribution in [0.2, 0.25) is 5.02 Å². The highest BCUT2D eigenvalue weighted by molar-refractivity contribution is 6.30. The molecule has 29 heavy (non-hydrogen) atoms. The molecule has 1 amide bonds. The maximum Gasteiger partial charge on any atom is 0.242 e. The third-order valence-electron chi connectivity index (χ3n) is 4.97. The molecular formula is C21H27ClN4O3. The summed E-state index contributed by atoms with van der Waals surface area (Å²) in [6.45, 7) is 6.20. The van der Waals surface area contributed by atoms with Crippen molar-refractivity contribution < 1.29 is 14.3 Å². The first-order chi connectivity index (χ1) is 14.1. The molecule has 0 radical (unpaired) electrons. The maximum absolute atomic E-state index is 12.6. The number of carbonyl (C=O) groups excluding carboxylic acids is 1. The molecule has 1 atom stereocenters. The first-order valence-electron chi connectivity index (χ1n) is 9.70. The zero-order valence-corrected chi connectivity index (χ0v) is 17.6. The third-order valence-corrected chi connectivity index (χ3v) is 5.19. The average molecular weight is 419 g/mol. The number of carbonyl (C=O) groups is 1. The first kappa shape index (κ1) is 21.4. The lowest BCUT2D eigenvalue weighted by molar-refractivity contribution is -0.120. The molecule has 0 spiro atoms. The highest BCUT2D eigenvalue weighted by Crippen LogP contribution is 2.29. The van der Waals surface area contributed by atoms with E-state index in [1.165, 1.54) is 6.20 Å². The molecule has 1 saturated heterocycles. The van der Waals surface area contributed by atoms with Gasteiger partial charge in [-0.1, -0.05) is 23.7 Å². The summed E-state index contributed by atoms with van der Waals surface area (Å²) in [4.78, 5) is 21.2. The number of pyridine rings is 1. The number of piperazine rings is 1. The number of nitrogens with zero attached hydrogens (tertiary/aromatic N) is 3. The van der Waals surface area contributed by atoms with E-state index in [9.17, 15) is 4.79 Å². The van der Waals surface area contributed by atoms with E-state index in [1.807, 2.05) is 25.1 Å². The smallest absolute Gasteiger partial charge is 0.242 e. The molecule has 1 aliphatic rings. The summed E-state index contributed by atoms with van der Waals surface area (Å²) in [6, 6.07) is 11.2. The van der Waals surface area contributed by atoms with Crippen LogP contribution in [0.1, 0.15) is 6.92 Å². The van der Waals surface area contributed by atoms with Crippen LogP contribution in [0.5, 0.6) is 5.75 Å². The van der Waals surface area contributed by atoms with Crippen molar-refractivity contribution in [3.05, 3.63) is 47.6 Å². The van der Waals surface area contributed by atoms with Crippen molar-refractivity contribution in [2.45, 2.75) is 13.0 Å². The number of ether oxygens (including phenoxy) is 2. The number of halogens is 1. The molecule has 0 aliphatic carbocycles. The van der Waals surface area contributed by atoms with Gasteiger partial charge in [0, 0.05) is 39.5 Å². The van der Waals surface area contributed by atoms with E-state index < -0.39 is 0 Å². The fraction of sp³-hybridized carbons (Fsp3) is 0.429.